The molecule has 1 amide bonds. The molecule has 1 aliphatic rings. The summed E-state index contributed by atoms with van der Waals surface area (Å²) in [5.74, 6) is -2.14. The van der Waals surface area contributed by atoms with Crippen molar-refractivity contribution in [2.45, 2.75) is 59.2 Å². The van der Waals surface area contributed by atoms with Crippen molar-refractivity contribution in [3.05, 3.63) is 29.3 Å². The highest BCUT2D eigenvalue weighted by atomic mass is 16.7. The predicted molar refractivity (Wildman–Crippen MR) is 101 cm³/mol. The van der Waals surface area contributed by atoms with E-state index in [9.17, 15) is 19.4 Å². The van der Waals surface area contributed by atoms with Crippen LogP contribution in [0.1, 0.15) is 56.5 Å². The molecule has 1 aliphatic heterocycles. The molecule has 2 atom stereocenters. The van der Waals surface area contributed by atoms with Gasteiger partial charge in [-0.1, -0.05) is 32.9 Å². The van der Waals surface area contributed by atoms with Crippen LogP contribution in [0.15, 0.2) is 18.2 Å². The normalized spacial score (nSPS) is 16.6. The van der Waals surface area contributed by atoms with Crippen LogP contribution in [0.4, 0.5) is 0 Å². The number of ether oxygens (including phenoxy) is 2. The summed E-state index contributed by atoms with van der Waals surface area (Å²) in [6.45, 7) is 6.69. The molecule has 0 bridgehead atoms. The van der Waals surface area contributed by atoms with E-state index < -0.39 is 31.3 Å². The lowest BCUT2D eigenvalue weighted by atomic mass is 9.72. The van der Waals surface area contributed by atoms with Crippen LogP contribution < -0.4 is 9.97 Å². The quantitative estimate of drug-likeness (QED) is 0.413. The number of carbonyl (C=O) groups excluding carboxylic acids is 3. The summed E-state index contributed by atoms with van der Waals surface area (Å²) in [7, 11) is -1.29. The van der Waals surface area contributed by atoms with Gasteiger partial charge in [0.05, 0.1) is 11.9 Å². The Labute approximate surface area is 164 Å². The Kier molecular flexibility index (Phi) is 7.45. The number of hydrogen-bond acceptors (Lipinski definition) is 7. The average molecular weight is 391 g/mol. The number of hydrogen-bond donors (Lipinski definition) is 2. The molecule has 0 aromatic heterocycles. The molecule has 9 heteroatoms. The maximum atomic E-state index is 12.5. The monoisotopic (exact) mass is 391 g/mol. The number of esters is 2. The molecule has 2 rings (SSSR count). The van der Waals surface area contributed by atoms with Gasteiger partial charge >= 0.3 is 19.1 Å². The molecule has 1 aromatic rings. The van der Waals surface area contributed by atoms with E-state index in [1.165, 1.54) is 13.0 Å². The molecule has 0 saturated heterocycles. The average Bonchev–Trinajstić information content (AvgIpc) is 2.61. The summed E-state index contributed by atoms with van der Waals surface area (Å²) in [6.07, 6.45) is 0.301. The van der Waals surface area contributed by atoms with E-state index >= 15 is 0 Å². The fraction of sp³-hybridized carbons (Fsp3) is 0.526. The van der Waals surface area contributed by atoms with E-state index in [1.807, 2.05) is 6.92 Å². The van der Waals surface area contributed by atoms with Crippen molar-refractivity contribution < 1.29 is 33.5 Å². The molecular formula is C19H26BNO7. The Bertz CT molecular complexity index is 737. The van der Waals surface area contributed by atoms with Crippen molar-refractivity contribution in [3.8, 4) is 5.75 Å². The third-order valence-electron chi connectivity index (χ3n) is 4.19. The molecule has 0 spiro atoms. The SMILES string of the molecule is CCCC(=O)NC1Cc2cccc(C(=O)OC(C)OC(=O)C(C)C)c2OB1O. The Balaban J connectivity index is 2.10. The number of amides is 1. The van der Waals surface area contributed by atoms with Gasteiger partial charge in [0.2, 0.25) is 12.2 Å². The highest BCUT2D eigenvalue weighted by molar-refractivity contribution is 6.47. The smallest absolute Gasteiger partial charge is 0.534 e. The van der Waals surface area contributed by atoms with E-state index in [0.29, 0.717) is 24.8 Å². The van der Waals surface area contributed by atoms with E-state index in [0.717, 1.165) is 0 Å². The molecule has 28 heavy (non-hydrogen) atoms. The van der Waals surface area contributed by atoms with Gasteiger partial charge in [-0.25, -0.2) is 4.79 Å². The van der Waals surface area contributed by atoms with Gasteiger partial charge in [-0.15, -0.1) is 0 Å². The van der Waals surface area contributed by atoms with Crippen LogP contribution in [0, 0.1) is 5.92 Å². The molecular weight excluding hydrogens is 365 g/mol. The molecule has 2 N–H and O–H groups in total. The van der Waals surface area contributed by atoms with Gasteiger partial charge in [0.25, 0.3) is 0 Å². The second-order valence-corrected chi connectivity index (χ2v) is 6.99. The summed E-state index contributed by atoms with van der Waals surface area (Å²) in [5, 5.41) is 13.0. The van der Waals surface area contributed by atoms with Gasteiger partial charge in [0.1, 0.15) is 11.3 Å². The first-order valence-electron chi connectivity index (χ1n) is 9.40. The van der Waals surface area contributed by atoms with Crippen molar-refractivity contribution in [2.24, 2.45) is 5.92 Å². The molecule has 8 nitrogen and oxygen atoms in total. The third-order valence-corrected chi connectivity index (χ3v) is 4.19. The van der Waals surface area contributed by atoms with Crippen LogP contribution in [-0.2, 0) is 25.5 Å². The third kappa shape index (κ3) is 5.48. The van der Waals surface area contributed by atoms with Crippen LogP contribution in [0.25, 0.3) is 0 Å². The summed E-state index contributed by atoms with van der Waals surface area (Å²) >= 11 is 0. The molecule has 2 unspecified atom stereocenters. The summed E-state index contributed by atoms with van der Waals surface area (Å²) in [6, 6.07) is 4.91. The van der Waals surface area contributed by atoms with Crippen LogP contribution in [0.5, 0.6) is 5.75 Å². The van der Waals surface area contributed by atoms with E-state index in [2.05, 4.69) is 5.32 Å². The van der Waals surface area contributed by atoms with Crippen molar-refractivity contribution in [1.29, 1.82) is 0 Å². The fourth-order valence-corrected chi connectivity index (χ4v) is 2.75. The lowest BCUT2D eigenvalue weighted by Crippen LogP contribution is -2.53. The molecule has 1 heterocycles. The summed E-state index contributed by atoms with van der Waals surface area (Å²) in [4.78, 5) is 35.9. The van der Waals surface area contributed by atoms with Crippen LogP contribution in [0.3, 0.4) is 0 Å². The van der Waals surface area contributed by atoms with Gasteiger partial charge in [0.15, 0.2) is 0 Å². The first-order chi connectivity index (χ1) is 13.2. The molecule has 0 radical (unpaired) electrons. The van der Waals surface area contributed by atoms with Crippen molar-refractivity contribution in [3.63, 3.8) is 0 Å². The lowest BCUT2D eigenvalue weighted by molar-refractivity contribution is -0.169. The number of benzene rings is 1. The zero-order chi connectivity index (χ0) is 20.8. The van der Waals surface area contributed by atoms with Gasteiger partial charge < -0.3 is 24.5 Å². The maximum absolute atomic E-state index is 12.5. The zero-order valence-corrected chi connectivity index (χ0v) is 16.6. The fourth-order valence-electron chi connectivity index (χ4n) is 2.75. The molecule has 0 fully saturated rings. The van der Waals surface area contributed by atoms with Gasteiger partial charge in [-0.3, -0.25) is 9.59 Å². The van der Waals surface area contributed by atoms with Gasteiger partial charge in [-0.05, 0) is 24.5 Å². The second kappa shape index (κ2) is 9.59. The van der Waals surface area contributed by atoms with Crippen LogP contribution in [-0.4, -0.2) is 42.2 Å². The highest BCUT2D eigenvalue weighted by Crippen LogP contribution is 2.31. The van der Waals surface area contributed by atoms with E-state index in [4.69, 9.17) is 14.1 Å². The molecule has 1 aromatic carbocycles. The first kappa shape index (κ1) is 21.8. The van der Waals surface area contributed by atoms with Gasteiger partial charge in [-0.2, -0.15) is 0 Å². The lowest BCUT2D eigenvalue weighted by Gasteiger charge is -2.29. The Morgan fingerprint density at radius 1 is 1.29 bits per heavy atom. The number of rotatable bonds is 7. The largest absolute Gasteiger partial charge is 0.547 e. The van der Waals surface area contributed by atoms with Crippen LogP contribution >= 0.6 is 0 Å². The Hall–Kier alpha value is -2.55. The van der Waals surface area contributed by atoms with Crippen molar-refractivity contribution >= 4 is 25.0 Å². The molecule has 152 valence electrons. The number of para-hydroxylation sites is 1. The van der Waals surface area contributed by atoms with Crippen molar-refractivity contribution in [1.82, 2.24) is 5.32 Å². The second-order valence-electron chi connectivity index (χ2n) is 6.99. The minimum Gasteiger partial charge on any atom is -0.534 e. The molecule has 0 aliphatic carbocycles. The van der Waals surface area contributed by atoms with Gasteiger partial charge in [0, 0.05) is 13.3 Å². The Morgan fingerprint density at radius 2 is 2.00 bits per heavy atom. The standard InChI is InChI=1S/C19H26BNO7/c1-5-7-16(22)21-15-10-13-8-6-9-14(17(13)28-20(15)25)19(24)27-12(4)26-18(23)11(2)3/h6,8-9,11-12,15,25H,5,7,10H2,1-4H3,(H,21,22). The van der Waals surface area contributed by atoms with Crippen molar-refractivity contribution in [2.75, 3.05) is 0 Å². The minimum atomic E-state index is -1.29. The first-order valence-corrected chi connectivity index (χ1v) is 9.40. The summed E-state index contributed by atoms with van der Waals surface area (Å²) < 4.78 is 15.7. The molecule has 0 saturated carbocycles. The topological polar surface area (TPSA) is 111 Å². The van der Waals surface area contributed by atoms with E-state index in [-0.39, 0.29) is 23.1 Å². The number of fused-ring (bicyclic) bond motifs is 1. The van der Waals surface area contributed by atoms with E-state index in [1.54, 1.807) is 26.0 Å². The number of nitrogens with one attached hydrogen (secondary N) is 1. The summed E-state index contributed by atoms with van der Waals surface area (Å²) in [5.41, 5.74) is 0.774. The van der Waals surface area contributed by atoms with Crippen LogP contribution in [0.2, 0.25) is 0 Å². The Morgan fingerprint density at radius 3 is 2.64 bits per heavy atom. The predicted octanol–water partition coefficient (Wildman–Crippen LogP) is 1.63. The highest BCUT2D eigenvalue weighted by Gasteiger charge is 2.38. The minimum absolute atomic E-state index is 0.113. The maximum Gasteiger partial charge on any atom is 0.547 e. The number of carbonyl (C=O) groups is 3. The zero-order valence-electron chi connectivity index (χ0n) is 16.6.